The first-order chi connectivity index (χ1) is 9.10. The summed E-state index contributed by atoms with van der Waals surface area (Å²) in [6.07, 6.45) is 3.91. The van der Waals surface area contributed by atoms with Crippen LogP contribution in [0.3, 0.4) is 0 Å². The molecule has 1 fully saturated rings. The van der Waals surface area contributed by atoms with E-state index in [4.69, 9.17) is 0 Å². The summed E-state index contributed by atoms with van der Waals surface area (Å²) in [6.45, 7) is 6.67. The molecule has 0 saturated heterocycles. The topological polar surface area (TPSA) is 15.3 Å². The van der Waals surface area contributed by atoms with E-state index in [9.17, 15) is 0 Å². The first-order valence-corrected chi connectivity index (χ1v) is 8.12. The number of hydrogen-bond donors (Lipinski definition) is 1. The molecule has 2 nitrogen and oxygen atoms in total. The molecule has 0 amide bonds. The summed E-state index contributed by atoms with van der Waals surface area (Å²) in [5, 5.41) is 3.61. The number of nitrogens with zero attached hydrogens (tertiary/aromatic N) is 1. The van der Waals surface area contributed by atoms with Crippen molar-refractivity contribution in [3.63, 3.8) is 0 Å². The summed E-state index contributed by atoms with van der Waals surface area (Å²) in [5.74, 6) is 0.730. The van der Waals surface area contributed by atoms with Gasteiger partial charge in [0.2, 0.25) is 0 Å². The summed E-state index contributed by atoms with van der Waals surface area (Å²) in [4.78, 5) is 2.39. The van der Waals surface area contributed by atoms with Crippen LogP contribution in [0.4, 0.5) is 5.69 Å². The molecule has 19 heavy (non-hydrogen) atoms. The minimum Gasteiger partial charge on any atom is -0.374 e. The summed E-state index contributed by atoms with van der Waals surface area (Å²) >= 11 is 3.59. The van der Waals surface area contributed by atoms with Gasteiger partial charge in [0.25, 0.3) is 0 Å². The fraction of sp³-hybridized carbons (Fsp3) is 0.625. The third kappa shape index (κ3) is 4.50. The Balaban J connectivity index is 2.08. The lowest BCUT2D eigenvalue weighted by atomic mass is 10.1. The van der Waals surface area contributed by atoms with Crippen LogP contribution in [-0.2, 0) is 6.54 Å². The second-order valence-electron chi connectivity index (χ2n) is 5.82. The van der Waals surface area contributed by atoms with Gasteiger partial charge in [0, 0.05) is 36.3 Å². The maximum Gasteiger partial charge on any atom is 0.0420 e. The molecule has 1 aliphatic carbocycles. The van der Waals surface area contributed by atoms with Crippen LogP contribution in [-0.4, -0.2) is 19.6 Å². The molecule has 0 radical (unpaired) electrons. The van der Waals surface area contributed by atoms with Gasteiger partial charge in [0.05, 0.1) is 0 Å². The number of rotatable bonds is 7. The lowest BCUT2D eigenvalue weighted by Gasteiger charge is -2.26. The largest absolute Gasteiger partial charge is 0.374 e. The molecule has 1 aromatic rings. The van der Waals surface area contributed by atoms with Crippen LogP contribution < -0.4 is 10.2 Å². The summed E-state index contributed by atoms with van der Waals surface area (Å²) in [5.41, 5.74) is 2.75. The van der Waals surface area contributed by atoms with E-state index < -0.39 is 0 Å². The zero-order valence-corrected chi connectivity index (χ0v) is 13.8. The van der Waals surface area contributed by atoms with Crippen molar-refractivity contribution >= 4 is 21.6 Å². The molecule has 0 heterocycles. The van der Waals surface area contributed by atoms with Crippen molar-refractivity contribution in [3.8, 4) is 0 Å². The molecular weight excluding hydrogens is 300 g/mol. The van der Waals surface area contributed by atoms with Gasteiger partial charge >= 0.3 is 0 Å². The first-order valence-electron chi connectivity index (χ1n) is 7.33. The molecule has 1 N–H and O–H groups in total. The highest BCUT2D eigenvalue weighted by Crippen LogP contribution is 2.27. The summed E-state index contributed by atoms with van der Waals surface area (Å²) in [6, 6.07) is 7.38. The van der Waals surface area contributed by atoms with Crippen molar-refractivity contribution in [2.24, 2.45) is 5.92 Å². The Labute approximate surface area is 125 Å². The van der Waals surface area contributed by atoms with Gasteiger partial charge in [0.15, 0.2) is 0 Å². The van der Waals surface area contributed by atoms with Crippen LogP contribution in [0.5, 0.6) is 0 Å². The Morgan fingerprint density at radius 1 is 1.42 bits per heavy atom. The molecular formula is C16H25BrN2. The Kier molecular flexibility index (Phi) is 5.28. The third-order valence-corrected chi connectivity index (χ3v) is 4.39. The maximum atomic E-state index is 3.61. The number of anilines is 1. The maximum absolute atomic E-state index is 3.61. The highest BCUT2D eigenvalue weighted by molar-refractivity contribution is 9.10. The molecule has 2 rings (SSSR count). The standard InChI is InChI=1S/C16H25BrN2/c1-4-12(2)11-19(3)16-9-14(17)6-5-13(16)10-18-15-7-8-15/h5-6,9,12,15,18H,4,7-8,10-11H2,1-3H3. The Hall–Kier alpha value is -0.540. The van der Waals surface area contributed by atoms with Gasteiger partial charge in [-0.3, -0.25) is 0 Å². The molecule has 1 unspecified atom stereocenters. The van der Waals surface area contributed by atoms with E-state index in [0.29, 0.717) is 0 Å². The lowest BCUT2D eigenvalue weighted by Crippen LogP contribution is -2.26. The van der Waals surface area contributed by atoms with E-state index in [2.05, 4.69) is 65.2 Å². The Morgan fingerprint density at radius 3 is 2.79 bits per heavy atom. The van der Waals surface area contributed by atoms with Crippen LogP contribution in [0, 0.1) is 5.92 Å². The zero-order valence-electron chi connectivity index (χ0n) is 12.2. The predicted octanol–water partition coefficient (Wildman–Crippen LogP) is 4.18. The minimum absolute atomic E-state index is 0.730. The molecule has 0 aromatic heterocycles. The summed E-state index contributed by atoms with van der Waals surface area (Å²) < 4.78 is 1.16. The highest BCUT2D eigenvalue weighted by atomic mass is 79.9. The van der Waals surface area contributed by atoms with Crippen molar-refractivity contribution < 1.29 is 0 Å². The zero-order chi connectivity index (χ0) is 13.8. The van der Waals surface area contributed by atoms with Crippen LogP contribution in [0.1, 0.15) is 38.7 Å². The van der Waals surface area contributed by atoms with E-state index in [1.165, 1.54) is 30.5 Å². The van der Waals surface area contributed by atoms with Gasteiger partial charge in [-0.25, -0.2) is 0 Å². The average molecular weight is 325 g/mol. The van der Waals surface area contributed by atoms with Gasteiger partial charge in [-0.05, 0) is 36.5 Å². The number of hydrogen-bond acceptors (Lipinski definition) is 2. The molecule has 1 aliphatic rings. The third-order valence-electron chi connectivity index (χ3n) is 3.90. The van der Waals surface area contributed by atoms with E-state index in [0.717, 1.165) is 29.5 Å². The molecule has 0 spiro atoms. The van der Waals surface area contributed by atoms with E-state index >= 15 is 0 Å². The van der Waals surface area contributed by atoms with Crippen molar-refractivity contribution in [1.82, 2.24) is 5.32 Å². The second kappa shape index (κ2) is 6.76. The van der Waals surface area contributed by atoms with Crippen molar-refractivity contribution in [2.75, 3.05) is 18.5 Å². The molecule has 106 valence electrons. The van der Waals surface area contributed by atoms with Gasteiger partial charge in [0.1, 0.15) is 0 Å². The fourth-order valence-corrected chi connectivity index (χ4v) is 2.63. The molecule has 1 atom stereocenters. The Bertz CT molecular complexity index is 415. The van der Waals surface area contributed by atoms with Gasteiger partial charge in [-0.15, -0.1) is 0 Å². The van der Waals surface area contributed by atoms with Crippen molar-refractivity contribution in [2.45, 2.75) is 45.7 Å². The summed E-state index contributed by atoms with van der Waals surface area (Å²) in [7, 11) is 2.20. The van der Waals surface area contributed by atoms with Crippen LogP contribution in [0.25, 0.3) is 0 Å². The van der Waals surface area contributed by atoms with Crippen LogP contribution >= 0.6 is 15.9 Å². The Morgan fingerprint density at radius 2 is 2.16 bits per heavy atom. The predicted molar refractivity (Wildman–Crippen MR) is 86.7 cm³/mol. The molecule has 0 aliphatic heterocycles. The van der Waals surface area contributed by atoms with E-state index in [-0.39, 0.29) is 0 Å². The van der Waals surface area contributed by atoms with E-state index in [1.54, 1.807) is 0 Å². The molecule has 0 bridgehead atoms. The highest BCUT2D eigenvalue weighted by Gasteiger charge is 2.21. The normalized spacial score (nSPS) is 16.4. The minimum atomic E-state index is 0.730. The monoisotopic (exact) mass is 324 g/mol. The SMILES string of the molecule is CCC(C)CN(C)c1cc(Br)ccc1CNC1CC1. The lowest BCUT2D eigenvalue weighted by molar-refractivity contribution is 0.558. The van der Waals surface area contributed by atoms with Crippen LogP contribution in [0.15, 0.2) is 22.7 Å². The number of nitrogens with one attached hydrogen (secondary N) is 1. The number of benzene rings is 1. The smallest absolute Gasteiger partial charge is 0.0420 e. The second-order valence-corrected chi connectivity index (χ2v) is 6.74. The van der Waals surface area contributed by atoms with Gasteiger partial charge in [-0.2, -0.15) is 0 Å². The first kappa shape index (κ1) is 14.9. The molecule has 1 aromatic carbocycles. The quantitative estimate of drug-likeness (QED) is 0.809. The molecule has 3 heteroatoms. The van der Waals surface area contributed by atoms with Crippen molar-refractivity contribution in [1.29, 1.82) is 0 Å². The van der Waals surface area contributed by atoms with Crippen LogP contribution in [0.2, 0.25) is 0 Å². The van der Waals surface area contributed by atoms with Crippen molar-refractivity contribution in [3.05, 3.63) is 28.2 Å². The van der Waals surface area contributed by atoms with E-state index in [1.807, 2.05) is 0 Å². The van der Waals surface area contributed by atoms with Gasteiger partial charge < -0.3 is 10.2 Å². The van der Waals surface area contributed by atoms with Gasteiger partial charge in [-0.1, -0.05) is 42.3 Å². The molecule has 1 saturated carbocycles. The fourth-order valence-electron chi connectivity index (χ4n) is 2.28. The average Bonchev–Trinajstić information content (AvgIpc) is 3.21. The number of halogens is 1.